The summed E-state index contributed by atoms with van der Waals surface area (Å²) in [4.78, 5) is 14.7. The number of carbonyl (C=O) groups excluding carboxylic acids is 1. The first-order valence-corrected chi connectivity index (χ1v) is 7.62. The third-order valence-corrected chi connectivity index (χ3v) is 4.13. The maximum Gasteiger partial charge on any atom is 0.258 e. The van der Waals surface area contributed by atoms with Gasteiger partial charge in [0, 0.05) is 24.2 Å². The Morgan fingerprint density at radius 1 is 1.00 bits per heavy atom. The maximum atomic E-state index is 12.8. The Labute approximate surface area is 129 Å². The molecule has 2 aromatic carbocycles. The fraction of sp³-hybridized carbons (Fsp3) is 0.278. The lowest BCUT2D eigenvalue weighted by molar-refractivity contribution is 0.0989. The topological polar surface area (TPSA) is 38.8 Å². The van der Waals surface area contributed by atoms with Crippen LogP contribution in [0.3, 0.4) is 0 Å². The van der Waals surface area contributed by atoms with Gasteiger partial charge in [0.1, 0.15) is 0 Å². The Morgan fingerprint density at radius 2 is 1.82 bits per heavy atom. The molecule has 0 radical (unpaired) electrons. The smallest absolute Gasteiger partial charge is 0.258 e. The van der Waals surface area contributed by atoms with Crippen molar-refractivity contribution in [3.05, 3.63) is 53.6 Å². The van der Waals surface area contributed by atoms with E-state index in [1.807, 2.05) is 35.2 Å². The van der Waals surface area contributed by atoms with Gasteiger partial charge in [0.15, 0.2) is 11.5 Å². The highest BCUT2D eigenvalue weighted by Gasteiger charge is 2.26. The molecule has 4 heteroatoms. The maximum absolute atomic E-state index is 12.8. The zero-order chi connectivity index (χ0) is 14.9. The summed E-state index contributed by atoms with van der Waals surface area (Å²) in [6.07, 6.45) is 1.77. The third-order valence-electron chi connectivity index (χ3n) is 4.13. The van der Waals surface area contributed by atoms with Crippen LogP contribution >= 0.6 is 0 Å². The fourth-order valence-corrected chi connectivity index (χ4v) is 3.00. The van der Waals surface area contributed by atoms with Crippen LogP contribution in [0.1, 0.15) is 22.3 Å². The highest BCUT2D eigenvalue weighted by Crippen LogP contribution is 2.33. The first-order chi connectivity index (χ1) is 10.8. The summed E-state index contributed by atoms with van der Waals surface area (Å²) in [5.41, 5.74) is 2.88. The second-order valence-corrected chi connectivity index (χ2v) is 5.55. The Balaban J connectivity index is 1.65. The van der Waals surface area contributed by atoms with Crippen molar-refractivity contribution in [3.63, 3.8) is 0 Å². The minimum Gasteiger partial charge on any atom is -0.490 e. The molecule has 0 aliphatic carbocycles. The van der Waals surface area contributed by atoms with Crippen LogP contribution in [0.15, 0.2) is 42.5 Å². The molecule has 4 nitrogen and oxygen atoms in total. The third kappa shape index (κ3) is 2.21. The highest BCUT2D eigenvalue weighted by molar-refractivity contribution is 6.07. The molecular weight excluding hydrogens is 278 g/mol. The van der Waals surface area contributed by atoms with Gasteiger partial charge in [0.2, 0.25) is 0 Å². The number of anilines is 1. The largest absolute Gasteiger partial charge is 0.490 e. The van der Waals surface area contributed by atoms with E-state index < -0.39 is 0 Å². The van der Waals surface area contributed by atoms with E-state index in [1.165, 1.54) is 5.56 Å². The van der Waals surface area contributed by atoms with Crippen LogP contribution in [-0.4, -0.2) is 25.7 Å². The number of carbonyl (C=O) groups is 1. The van der Waals surface area contributed by atoms with Crippen LogP contribution < -0.4 is 14.4 Å². The minimum atomic E-state index is 0.0144. The summed E-state index contributed by atoms with van der Waals surface area (Å²) < 4.78 is 11.3. The standard InChI is InChI=1S/C18H17NO3/c20-18(19-9-8-13-4-1-2-5-15(13)19)14-6-7-16-17(12-14)22-11-3-10-21-16/h1-2,4-7,12H,3,8-11H2. The molecule has 0 unspecified atom stereocenters. The van der Waals surface area contributed by atoms with Crippen molar-refractivity contribution in [1.82, 2.24) is 0 Å². The second-order valence-electron chi connectivity index (χ2n) is 5.55. The number of para-hydroxylation sites is 1. The van der Waals surface area contributed by atoms with E-state index in [0.717, 1.165) is 30.8 Å². The van der Waals surface area contributed by atoms with Crippen LogP contribution in [0.25, 0.3) is 0 Å². The Bertz CT molecular complexity index is 726. The lowest BCUT2D eigenvalue weighted by Gasteiger charge is -2.18. The molecule has 0 fully saturated rings. The first kappa shape index (κ1) is 13.2. The summed E-state index contributed by atoms with van der Waals surface area (Å²) in [7, 11) is 0. The molecule has 0 saturated carbocycles. The molecule has 2 aliphatic rings. The molecule has 0 bridgehead atoms. The van der Waals surface area contributed by atoms with Crippen LogP contribution in [-0.2, 0) is 6.42 Å². The van der Waals surface area contributed by atoms with Crippen molar-refractivity contribution in [1.29, 1.82) is 0 Å². The van der Waals surface area contributed by atoms with Gasteiger partial charge in [-0.1, -0.05) is 18.2 Å². The molecule has 2 heterocycles. The quantitative estimate of drug-likeness (QED) is 0.811. The summed E-state index contributed by atoms with van der Waals surface area (Å²) in [6, 6.07) is 13.5. The summed E-state index contributed by atoms with van der Waals surface area (Å²) in [5, 5.41) is 0. The van der Waals surface area contributed by atoms with Gasteiger partial charge in [-0.15, -0.1) is 0 Å². The molecule has 1 amide bonds. The lowest BCUT2D eigenvalue weighted by atomic mass is 10.1. The lowest BCUT2D eigenvalue weighted by Crippen LogP contribution is -2.28. The SMILES string of the molecule is O=C(c1ccc2c(c1)OCCCO2)N1CCc2ccccc21. The summed E-state index contributed by atoms with van der Waals surface area (Å²) in [6.45, 7) is 2.00. The zero-order valence-corrected chi connectivity index (χ0v) is 12.2. The predicted molar refractivity (Wildman–Crippen MR) is 83.9 cm³/mol. The van der Waals surface area contributed by atoms with Gasteiger partial charge in [-0.3, -0.25) is 4.79 Å². The molecule has 2 aliphatic heterocycles. The average Bonchev–Trinajstić information content (AvgIpc) is 2.84. The van der Waals surface area contributed by atoms with Crippen LogP contribution in [0.5, 0.6) is 11.5 Å². The minimum absolute atomic E-state index is 0.0144. The van der Waals surface area contributed by atoms with Crippen LogP contribution in [0.4, 0.5) is 5.69 Å². The second kappa shape index (κ2) is 5.37. The van der Waals surface area contributed by atoms with Crippen molar-refractivity contribution in [3.8, 4) is 11.5 Å². The van der Waals surface area contributed by atoms with Crippen molar-refractivity contribution < 1.29 is 14.3 Å². The molecular formula is C18H17NO3. The molecule has 0 N–H and O–H groups in total. The van der Waals surface area contributed by atoms with Crippen molar-refractivity contribution in [2.75, 3.05) is 24.7 Å². The zero-order valence-electron chi connectivity index (χ0n) is 12.2. The van der Waals surface area contributed by atoms with E-state index in [2.05, 4.69) is 6.07 Å². The summed E-state index contributed by atoms with van der Waals surface area (Å²) in [5.74, 6) is 1.40. The number of ether oxygens (including phenoxy) is 2. The molecule has 112 valence electrons. The highest BCUT2D eigenvalue weighted by atomic mass is 16.5. The fourth-order valence-electron chi connectivity index (χ4n) is 3.00. The van der Waals surface area contributed by atoms with E-state index >= 15 is 0 Å². The molecule has 0 saturated heterocycles. The van der Waals surface area contributed by atoms with Gasteiger partial charge in [-0.05, 0) is 36.2 Å². The Hall–Kier alpha value is -2.49. The molecule has 0 spiro atoms. The molecule has 4 rings (SSSR count). The van der Waals surface area contributed by atoms with Gasteiger partial charge in [-0.25, -0.2) is 0 Å². The number of rotatable bonds is 1. The van der Waals surface area contributed by atoms with Gasteiger partial charge >= 0.3 is 0 Å². The molecule has 0 aromatic heterocycles. The number of amides is 1. The molecule has 22 heavy (non-hydrogen) atoms. The van der Waals surface area contributed by atoms with Gasteiger partial charge in [-0.2, -0.15) is 0 Å². The Kier molecular flexibility index (Phi) is 3.22. The van der Waals surface area contributed by atoms with E-state index in [-0.39, 0.29) is 5.91 Å². The Morgan fingerprint density at radius 3 is 2.73 bits per heavy atom. The normalized spacial score (nSPS) is 16.1. The van der Waals surface area contributed by atoms with Crippen LogP contribution in [0.2, 0.25) is 0 Å². The number of fused-ring (bicyclic) bond motifs is 2. The van der Waals surface area contributed by atoms with Gasteiger partial charge in [0.25, 0.3) is 5.91 Å². The monoisotopic (exact) mass is 295 g/mol. The van der Waals surface area contributed by atoms with Crippen molar-refractivity contribution >= 4 is 11.6 Å². The van der Waals surface area contributed by atoms with E-state index in [9.17, 15) is 4.79 Å². The predicted octanol–water partition coefficient (Wildman–Crippen LogP) is 3.05. The number of hydrogen-bond donors (Lipinski definition) is 0. The van der Waals surface area contributed by atoms with Crippen molar-refractivity contribution in [2.24, 2.45) is 0 Å². The van der Waals surface area contributed by atoms with Gasteiger partial charge in [0.05, 0.1) is 13.2 Å². The molecule has 0 atom stereocenters. The number of benzene rings is 2. The number of hydrogen-bond acceptors (Lipinski definition) is 3. The van der Waals surface area contributed by atoms with E-state index in [0.29, 0.717) is 24.5 Å². The first-order valence-electron chi connectivity index (χ1n) is 7.62. The number of nitrogens with zero attached hydrogens (tertiary/aromatic N) is 1. The van der Waals surface area contributed by atoms with Gasteiger partial charge < -0.3 is 14.4 Å². The van der Waals surface area contributed by atoms with Crippen molar-refractivity contribution in [2.45, 2.75) is 12.8 Å². The van der Waals surface area contributed by atoms with E-state index in [4.69, 9.17) is 9.47 Å². The summed E-state index contributed by atoms with van der Waals surface area (Å²) >= 11 is 0. The average molecular weight is 295 g/mol. The van der Waals surface area contributed by atoms with E-state index in [1.54, 1.807) is 6.07 Å². The molecule has 2 aromatic rings. The van der Waals surface area contributed by atoms with Crippen LogP contribution in [0, 0.1) is 0 Å².